The quantitative estimate of drug-likeness (QED) is 0.132. The lowest BCUT2D eigenvalue weighted by molar-refractivity contribution is 1.13. The molecular weight excluding hydrogens is 817 g/mol. The summed E-state index contributed by atoms with van der Waals surface area (Å²) in [5, 5.41) is 20.6. The molecule has 0 saturated heterocycles. The molecule has 0 aliphatic rings. The molecule has 6 nitrogen and oxygen atoms in total. The van der Waals surface area contributed by atoms with E-state index in [1.807, 2.05) is 0 Å². The number of rotatable bonds is 5. The summed E-state index contributed by atoms with van der Waals surface area (Å²) in [5.74, 6) is 0. The van der Waals surface area contributed by atoms with Gasteiger partial charge in [-0.15, -0.1) is 0 Å². The van der Waals surface area contributed by atoms with Crippen molar-refractivity contribution in [2.45, 2.75) is 0 Å². The smallest absolute Gasteiger partial charge is 0.0909 e. The SMILES string of the molecule is N=Cn1c2ccccc2c2ccc3c4ccc5c6ccccc6n(-c6cccc(-n7c8ccccc8c8cc9c(cc87)c7ccccc7n9-c7ccccc7)c6)c5c4n(-c4ccccc4)c3c21. The Balaban J connectivity index is 1.06. The van der Waals surface area contributed by atoms with Gasteiger partial charge in [0.25, 0.3) is 0 Å². The zero-order chi connectivity index (χ0) is 43.9. The van der Waals surface area contributed by atoms with E-state index in [1.165, 1.54) is 55.2 Å². The highest BCUT2D eigenvalue weighted by Gasteiger charge is 2.25. The molecule has 0 aliphatic carbocycles. The molecule has 10 aromatic carbocycles. The molecule has 312 valence electrons. The number of nitrogens with one attached hydrogen (secondary N) is 1. The van der Waals surface area contributed by atoms with Crippen LogP contribution in [0.2, 0.25) is 0 Å². The summed E-state index contributed by atoms with van der Waals surface area (Å²) in [6, 6.07) is 79.4. The van der Waals surface area contributed by atoms with Crippen molar-refractivity contribution in [2.75, 3.05) is 0 Å². The van der Waals surface area contributed by atoms with Gasteiger partial charge in [0, 0.05) is 76.6 Å². The summed E-state index contributed by atoms with van der Waals surface area (Å²) in [4.78, 5) is 0. The molecule has 0 atom stereocenters. The first-order chi connectivity index (χ1) is 33.2. The van der Waals surface area contributed by atoms with Gasteiger partial charge in [0.2, 0.25) is 0 Å². The lowest BCUT2D eigenvalue weighted by Crippen LogP contribution is -2.01. The maximum absolute atomic E-state index is 8.77. The van der Waals surface area contributed by atoms with Crippen molar-refractivity contribution in [1.82, 2.24) is 22.8 Å². The van der Waals surface area contributed by atoms with Gasteiger partial charge in [-0.3, -0.25) is 9.98 Å². The highest BCUT2D eigenvalue weighted by molar-refractivity contribution is 6.29. The average molecular weight is 855 g/mol. The predicted molar refractivity (Wildman–Crippen MR) is 281 cm³/mol. The number of nitrogens with zero attached hydrogens (tertiary/aromatic N) is 5. The van der Waals surface area contributed by atoms with Crippen LogP contribution in [0.4, 0.5) is 0 Å². The van der Waals surface area contributed by atoms with Crippen molar-refractivity contribution in [3.8, 4) is 22.7 Å². The molecule has 15 aromatic rings. The molecule has 0 fully saturated rings. The van der Waals surface area contributed by atoms with Crippen LogP contribution < -0.4 is 0 Å². The number of hydrogen-bond donors (Lipinski definition) is 1. The Hall–Kier alpha value is -9.13. The van der Waals surface area contributed by atoms with Gasteiger partial charge in [0.05, 0.1) is 61.5 Å². The first kappa shape index (κ1) is 36.2. The van der Waals surface area contributed by atoms with Crippen LogP contribution in [-0.2, 0) is 0 Å². The van der Waals surface area contributed by atoms with Crippen LogP contribution in [0.1, 0.15) is 0 Å². The third kappa shape index (κ3) is 4.80. The van der Waals surface area contributed by atoms with Crippen molar-refractivity contribution in [1.29, 1.82) is 5.41 Å². The van der Waals surface area contributed by atoms with Gasteiger partial charge in [-0.1, -0.05) is 140 Å². The van der Waals surface area contributed by atoms with Crippen molar-refractivity contribution in [3.05, 3.63) is 218 Å². The largest absolute Gasteiger partial charge is 0.309 e. The Bertz CT molecular complexity index is 4570. The van der Waals surface area contributed by atoms with E-state index in [9.17, 15) is 0 Å². The Kier molecular flexibility index (Phi) is 7.28. The first-order valence-corrected chi connectivity index (χ1v) is 22.9. The van der Waals surface area contributed by atoms with Crippen LogP contribution >= 0.6 is 0 Å². The zero-order valence-corrected chi connectivity index (χ0v) is 36.1. The van der Waals surface area contributed by atoms with Gasteiger partial charge < -0.3 is 18.3 Å². The lowest BCUT2D eigenvalue weighted by atomic mass is 10.1. The average Bonchev–Trinajstić information content (AvgIpc) is 4.18. The second-order valence-electron chi connectivity index (χ2n) is 17.7. The molecule has 0 unspecified atom stereocenters. The highest BCUT2D eigenvalue weighted by Crippen LogP contribution is 2.46. The molecule has 15 rings (SSSR count). The third-order valence-corrected chi connectivity index (χ3v) is 14.4. The van der Waals surface area contributed by atoms with Crippen LogP contribution in [-0.4, -0.2) is 29.2 Å². The van der Waals surface area contributed by atoms with E-state index in [-0.39, 0.29) is 0 Å². The van der Waals surface area contributed by atoms with Crippen LogP contribution in [0.15, 0.2) is 218 Å². The number of hydrogen-bond acceptors (Lipinski definition) is 1. The fraction of sp³-hybridized carbons (Fsp3) is 0. The number of aromatic nitrogens is 5. The van der Waals surface area contributed by atoms with E-state index >= 15 is 0 Å². The Morgan fingerprint density at radius 1 is 0.239 bits per heavy atom. The maximum atomic E-state index is 8.77. The summed E-state index contributed by atoms with van der Waals surface area (Å²) in [5.41, 5.74) is 15.6. The van der Waals surface area contributed by atoms with E-state index in [4.69, 9.17) is 5.41 Å². The monoisotopic (exact) mass is 854 g/mol. The molecule has 5 heterocycles. The summed E-state index contributed by atoms with van der Waals surface area (Å²) >= 11 is 0. The van der Waals surface area contributed by atoms with Gasteiger partial charge in [-0.25, -0.2) is 0 Å². The molecule has 67 heavy (non-hydrogen) atoms. The Labute approximate surface area is 383 Å². The number of benzene rings is 10. The normalized spacial score (nSPS) is 12.2. The van der Waals surface area contributed by atoms with Gasteiger partial charge in [-0.05, 0) is 78.9 Å². The molecule has 0 radical (unpaired) electrons. The van der Waals surface area contributed by atoms with Gasteiger partial charge in [0.1, 0.15) is 0 Å². The maximum Gasteiger partial charge on any atom is 0.0909 e. The first-order valence-electron chi connectivity index (χ1n) is 22.9. The molecule has 0 saturated carbocycles. The Morgan fingerprint density at radius 3 is 1.15 bits per heavy atom. The summed E-state index contributed by atoms with van der Waals surface area (Å²) < 4.78 is 11.9. The van der Waals surface area contributed by atoms with Crippen molar-refractivity contribution in [3.63, 3.8) is 0 Å². The zero-order valence-electron chi connectivity index (χ0n) is 36.1. The van der Waals surface area contributed by atoms with Crippen molar-refractivity contribution < 1.29 is 0 Å². The van der Waals surface area contributed by atoms with Crippen LogP contribution in [0.25, 0.3) is 132 Å². The molecule has 0 spiro atoms. The minimum atomic E-state index is 1.02. The molecule has 5 aromatic heterocycles. The van der Waals surface area contributed by atoms with Crippen LogP contribution in [0.3, 0.4) is 0 Å². The van der Waals surface area contributed by atoms with E-state index in [2.05, 4.69) is 241 Å². The molecular formula is C61H38N6. The lowest BCUT2D eigenvalue weighted by Gasteiger charge is -2.15. The third-order valence-electron chi connectivity index (χ3n) is 14.4. The highest BCUT2D eigenvalue weighted by atomic mass is 15.1. The van der Waals surface area contributed by atoms with E-state index < -0.39 is 0 Å². The standard InChI is InChI=1S/C61H38N6/c62-37-63-52-26-11-7-22-42(52)46-30-32-48-49-33-31-47-43-23-8-14-29-55(43)66(60(47)61(49)67(59(48)58(46)63)39-18-5-2-6-19-39)41-21-15-20-40(34-41)65-54-28-13-10-25-45(54)51-35-56-50(36-57(51)65)44-24-9-12-27-53(44)64(56)38-16-3-1-4-17-38/h1-37,62H. The minimum absolute atomic E-state index is 1.02. The van der Waals surface area contributed by atoms with Gasteiger partial charge in [0.15, 0.2) is 0 Å². The molecule has 6 heteroatoms. The minimum Gasteiger partial charge on any atom is -0.309 e. The second-order valence-corrected chi connectivity index (χ2v) is 17.7. The second kappa shape index (κ2) is 13.5. The van der Waals surface area contributed by atoms with Gasteiger partial charge >= 0.3 is 0 Å². The summed E-state index contributed by atoms with van der Waals surface area (Å²) in [6.45, 7) is 0. The van der Waals surface area contributed by atoms with Gasteiger partial charge in [-0.2, -0.15) is 0 Å². The van der Waals surface area contributed by atoms with Crippen LogP contribution in [0, 0.1) is 5.41 Å². The van der Waals surface area contributed by atoms with Crippen molar-refractivity contribution >= 4 is 115 Å². The van der Waals surface area contributed by atoms with Crippen LogP contribution in [0.5, 0.6) is 0 Å². The van der Waals surface area contributed by atoms with E-state index in [0.29, 0.717) is 0 Å². The molecule has 0 bridgehead atoms. The molecule has 1 N–H and O–H groups in total. The molecule has 0 amide bonds. The van der Waals surface area contributed by atoms with E-state index in [1.54, 1.807) is 0 Å². The van der Waals surface area contributed by atoms with Crippen molar-refractivity contribution in [2.24, 2.45) is 0 Å². The number of fused-ring (bicyclic) bond motifs is 17. The fourth-order valence-corrected chi connectivity index (χ4v) is 11.7. The topological polar surface area (TPSA) is 48.5 Å². The summed E-state index contributed by atoms with van der Waals surface area (Å²) in [6.07, 6.45) is 1.47. The van der Waals surface area contributed by atoms with E-state index in [0.717, 1.165) is 82.9 Å². The summed E-state index contributed by atoms with van der Waals surface area (Å²) in [7, 11) is 0. The number of para-hydroxylation sites is 6. The Morgan fingerprint density at radius 2 is 0.597 bits per heavy atom. The predicted octanol–water partition coefficient (Wildman–Crippen LogP) is 15.6. The fourth-order valence-electron chi connectivity index (χ4n) is 11.7. The molecule has 0 aliphatic heterocycles.